The van der Waals surface area contributed by atoms with E-state index in [1.807, 2.05) is 49.0 Å². The van der Waals surface area contributed by atoms with Crippen molar-refractivity contribution in [2.24, 2.45) is 7.05 Å². The van der Waals surface area contributed by atoms with Gasteiger partial charge in [0.25, 0.3) is 5.56 Å². The van der Waals surface area contributed by atoms with Gasteiger partial charge >= 0.3 is 0 Å². The number of hydrogen-bond donors (Lipinski definition) is 1. The van der Waals surface area contributed by atoms with Crippen molar-refractivity contribution in [1.29, 1.82) is 0 Å². The number of anilines is 1. The van der Waals surface area contributed by atoms with Gasteiger partial charge in [-0.05, 0) is 30.0 Å². The molecular weight excluding hydrogens is 298 g/mol. The van der Waals surface area contributed by atoms with Crippen molar-refractivity contribution in [3.63, 3.8) is 0 Å². The summed E-state index contributed by atoms with van der Waals surface area (Å²) in [5.41, 5.74) is 1.74. The van der Waals surface area contributed by atoms with Gasteiger partial charge in [-0.1, -0.05) is 0 Å². The second kappa shape index (κ2) is 5.42. The van der Waals surface area contributed by atoms with Gasteiger partial charge in [0.1, 0.15) is 10.7 Å². The zero-order chi connectivity index (χ0) is 15.9. The number of aromatic amines is 1. The minimum atomic E-state index is -0.104. The Hall–Kier alpha value is -2.41. The van der Waals surface area contributed by atoms with Gasteiger partial charge in [-0.25, -0.2) is 9.97 Å². The zero-order valence-corrected chi connectivity index (χ0v) is 13.7. The summed E-state index contributed by atoms with van der Waals surface area (Å²) in [7, 11) is 5.86. The van der Waals surface area contributed by atoms with Gasteiger partial charge < -0.3 is 14.5 Å². The second-order valence-corrected chi connectivity index (χ2v) is 6.21. The van der Waals surface area contributed by atoms with Crippen LogP contribution in [0.1, 0.15) is 18.4 Å². The second-order valence-electron chi connectivity index (χ2n) is 5.32. The lowest BCUT2D eigenvalue weighted by atomic mass is 10.2. The van der Waals surface area contributed by atoms with Crippen molar-refractivity contribution < 1.29 is 0 Å². The van der Waals surface area contributed by atoms with Crippen LogP contribution in [0.25, 0.3) is 21.9 Å². The first-order chi connectivity index (χ1) is 10.5. The molecule has 3 aromatic heterocycles. The minimum absolute atomic E-state index is 0.104. The molecule has 3 aromatic rings. The lowest BCUT2D eigenvalue weighted by Crippen LogP contribution is -2.14. The number of allylic oxidation sites excluding steroid dienone is 1. The third-order valence-corrected chi connectivity index (χ3v) is 4.28. The fourth-order valence-corrected chi connectivity index (χ4v) is 3.07. The lowest BCUT2D eigenvalue weighted by Gasteiger charge is -2.11. The normalized spacial score (nSPS) is 12.1. The topological polar surface area (TPSA) is 66.8 Å². The Labute approximate surface area is 131 Å². The van der Waals surface area contributed by atoms with E-state index in [1.54, 1.807) is 12.3 Å². The van der Waals surface area contributed by atoms with E-state index in [1.165, 1.54) is 11.3 Å². The Bertz CT molecular complexity index is 916. The number of imidazole rings is 1. The molecule has 0 bridgehead atoms. The van der Waals surface area contributed by atoms with Crippen LogP contribution >= 0.6 is 11.3 Å². The molecule has 0 aliphatic carbocycles. The van der Waals surface area contributed by atoms with Crippen molar-refractivity contribution in [2.75, 3.05) is 19.0 Å². The van der Waals surface area contributed by atoms with Crippen LogP contribution < -0.4 is 10.5 Å². The highest BCUT2D eigenvalue weighted by Gasteiger charge is 2.09. The molecule has 22 heavy (non-hydrogen) atoms. The first-order valence-corrected chi connectivity index (χ1v) is 7.70. The van der Waals surface area contributed by atoms with Crippen LogP contribution in [0.2, 0.25) is 0 Å². The van der Waals surface area contributed by atoms with Crippen LogP contribution in [0.4, 0.5) is 5.95 Å². The lowest BCUT2D eigenvalue weighted by molar-refractivity contribution is 0.859. The van der Waals surface area contributed by atoms with E-state index in [2.05, 4.69) is 15.0 Å². The molecule has 7 heteroatoms. The summed E-state index contributed by atoms with van der Waals surface area (Å²) in [5.74, 6) is 1.46. The van der Waals surface area contributed by atoms with Crippen molar-refractivity contribution in [2.45, 2.75) is 6.92 Å². The van der Waals surface area contributed by atoms with Crippen LogP contribution in [0.15, 0.2) is 22.4 Å². The van der Waals surface area contributed by atoms with E-state index in [4.69, 9.17) is 0 Å². The average molecular weight is 315 g/mol. The Morgan fingerprint density at radius 3 is 2.91 bits per heavy atom. The molecular formula is C15H17N5OS. The summed E-state index contributed by atoms with van der Waals surface area (Å²) < 4.78 is 1.99. The quantitative estimate of drug-likeness (QED) is 0.805. The molecule has 6 nitrogen and oxygen atoms in total. The zero-order valence-electron chi connectivity index (χ0n) is 12.9. The van der Waals surface area contributed by atoms with Crippen molar-refractivity contribution >= 4 is 39.2 Å². The van der Waals surface area contributed by atoms with Crippen LogP contribution in [-0.2, 0) is 7.05 Å². The molecule has 114 valence electrons. The third kappa shape index (κ3) is 2.43. The highest BCUT2D eigenvalue weighted by molar-refractivity contribution is 7.16. The highest BCUT2D eigenvalue weighted by atomic mass is 32.1. The van der Waals surface area contributed by atoms with Crippen LogP contribution in [0, 0.1) is 0 Å². The fraction of sp³-hybridized carbons (Fsp3) is 0.267. The van der Waals surface area contributed by atoms with E-state index in [-0.39, 0.29) is 5.56 Å². The van der Waals surface area contributed by atoms with Gasteiger partial charge in [0, 0.05) is 21.1 Å². The number of H-pyrrole nitrogens is 1. The predicted molar refractivity (Wildman–Crippen MR) is 91.3 cm³/mol. The summed E-state index contributed by atoms with van der Waals surface area (Å²) in [4.78, 5) is 26.5. The number of nitrogens with zero attached hydrogens (tertiary/aromatic N) is 4. The number of aromatic nitrogens is 4. The van der Waals surface area contributed by atoms with E-state index >= 15 is 0 Å². The van der Waals surface area contributed by atoms with Crippen molar-refractivity contribution in [3.05, 3.63) is 39.5 Å². The van der Waals surface area contributed by atoms with E-state index in [9.17, 15) is 4.79 Å². The summed E-state index contributed by atoms with van der Waals surface area (Å²) in [5, 5.41) is 2.51. The SMILES string of the molecule is CC(=Cc1cnc(N(C)C)n1C)c1nc2sccc2c(=O)[nH]1. The Morgan fingerprint density at radius 1 is 1.45 bits per heavy atom. The smallest absolute Gasteiger partial charge is 0.259 e. The first kappa shape index (κ1) is 14.5. The molecule has 3 rings (SSSR count). The molecule has 0 saturated carbocycles. The summed E-state index contributed by atoms with van der Waals surface area (Å²) in [6.45, 7) is 1.93. The molecule has 0 saturated heterocycles. The van der Waals surface area contributed by atoms with Crippen LogP contribution in [-0.4, -0.2) is 33.6 Å². The first-order valence-electron chi connectivity index (χ1n) is 6.82. The van der Waals surface area contributed by atoms with E-state index in [0.717, 1.165) is 22.0 Å². The third-order valence-electron chi connectivity index (χ3n) is 3.47. The molecule has 0 aliphatic heterocycles. The molecule has 0 unspecified atom stereocenters. The maximum Gasteiger partial charge on any atom is 0.259 e. The van der Waals surface area contributed by atoms with Gasteiger partial charge in [-0.15, -0.1) is 11.3 Å². The maximum atomic E-state index is 12.0. The number of nitrogens with one attached hydrogen (secondary N) is 1. The van der Waals surface area contributed by atoms with Crippen LogP contribution in [0.3, 0.4) is 0 Å². The number of thiophene rings is 1. The Balaban J connectivity index is 2.05. The molecule has 0 aliphatic rings. The molecule has 1 N–H and O–H groups in total. The summed E-state index contributed by atoms with van der Waals surface area (Å²) in [6, 6.07) is 1.79. The predicted octanol–water partition coefficient (Wildman–Crippen LogP) is 2.34. The highest BCUT2D eigenvalue weighted by Crippen LogP contribution is 2.20. The largest absolute Gasteiger partial charge is 0.348 e. The van der Waals surface area contributed by atoms with Gasteiger partial charge in [0.2, 0.25) is 5.95 Å². The van der Waals surface area contributed by atoms with Gasteiger partial charge in [-0.3, -0.25) is 4.79 Å². The van der Waals surface area contributed by atoms with Crippen molar-refractivity contribution in [3.8, 4) is 0 Å². The Kier molecular flexibility index (Phi) is 3.58. The average Bonchev–Trinajstić information content (AvgIpc) is 3.06. The summed E-state index contributed by atoms with van der Waals surface area (Å²) in [6.07, 6.45) is 3.78. The number of fused-ring (bicyclic) bond motifs is 1. The molecule has 0 aromatic carbocycles. The van der Waals surface area contributed by atoms with Gasteiger partial charge in [-0.2, -0.15) is 0 Å². The summed E-state index contributed by atoms with van der Waals surface area (Å²) >= 11 is 1.47. The minimum Gasteiger partial charge on any atom is -0.348 e. The maximum absolute atomic E-state index is 12.0. The van der Waals surface area contributed by atoms with Gasteiger partial charge in [0.15, 0.2) is 0 Å². The number of rotatable bonds is 3. The molecule has 0 radical (unpaired) electrons. The van der Waals surface area contributed by atoms with Crippen LogP contribution in [0.5, 0.6) is 0 Å². The van der Waals surface area contributed by atoms with E-state index < -0.39 is 0 Å². The molecule has 3 heterocycles. The monoisotopic (exact) mass is 315 g/mol. The van der Waals surface area contributed by atoms with E-state index in [0.29, 0.717) is 11.2 Å². The molecule has 0 amide bonds. The Morgan fingerprint density at radius 2 is 2.23 bits per heavy atom. The number of hydrogen-bond acceptors (Lipinski definition) is 5. The molecule has 0 fully saturated rings. The standard InChI is InChI=1S/C15H17N5OS/c1-9(7-10-8-16-15(19(2)3)20(10)4)12-17-13(21)11-5-6-22-14(11)18-12/h5-8H,1-4H3,(H,17,18,21). The molecule has 0 atom stereocenters. The van der Waals surface area contributed by atoms with Gasteiger partial charge in [0.05, 0.1) is 17.3 Å². The fourth-order valence-electron chi connectivity index (χ4n) is 2.30. The van der Waals surface area contributed by atoms with Crippen molar-refractivity contribution in [1.82, 2.24) is 19.5 Å². The molecule has 0 spiro atoms.